The van der Waals surface area contributed by atoms with Crippen LogP contribution in [0.2, 0.25) is 0 Å². The van der Waals surface area contributed by atoms with Crippen molar-refractivity contribution in [1.82, 2.24) is 19.9 Å². The van der Waals surface area contributed by atoms with Crippen molar-refractivity contribution in [1.29, 1.82) is 0 Å². The molecule has 186 valence electrons. The number of aliphatic hydroxyl groups is 1. The number of aromatic nitrogens is 3. The highest BCUT2D eigenvalue weighted by Crippen LogP contribution is 2.37. The van der Waals surface area contributed by atoms with Crippen molar-refractivity contribution in [3.63, 3.8) is 0 Å². The van der Waals surface area contributed by atoms with Crippen LogP contribution >= 0.6 is 11.3 Å². The van der Waals surface area contributed by atoms with Crippen molar-refractivity contribution >= 4 is 45.1 Å². The SMILES string of the molecule is CC(C)(C)OC(=O)N1[C@@H]2CCC[C@H]1CC(Nc1nc(Nc3ncc(CO)s3)cc3ncccc13)C2. The van der Waals surface area contributed by atoms with Crippen LogP contribution in [0.4, 0.5) is 21.6 Å². The minimum absolute atomic E-state index is 0.0385. The van der Waals surface area contributed by atoms with E-state index < -0.39 is 5.60 Å². The number of thiazole rings is 1. The molecule has 35 heavy (non-hydrogen) atoms. The van der Waals surface area contributed by atoms with Gasteiger partial charge in [-0.25, -0.2) is 14.8 Å². The van der Waals surface area contributed by atoms with Gasteiger partial charge in [0, 0.05) is 42.0 Å². The van der Waals surface area contributed by atoms with Crippen molar-refractivity contribution in [2.24, 2.45) is 0 Å². The van der Waals surface area contributed by atoms with Gasteiger partial charge in [0.05, 0.1) is 17.0 Å². The highest BCUT2D eigenvalue weighted by atomic mass is 32.1. The Morgan fingerprint density at radius 2 is 2.03 bits per heavy atom. The Bertz CT molecular complexity index is 1200. The quantitative estimate of drug-likeness (QED) is 0.450. The van der Waals surface area contributed by atoms with E-state index in [-0.39, 0.29) is 30.8 Å². The molecule has 2 fully saturated rings. The lowest BCUT2D eigenvalue weighted by atomic mass is 9.82. The predicted molar refractivity (Wildman–Crippen MR) is 137 cm³/mol. The van der Waals surface area contributed by atoms with E-state index in [4.69, 9.17) is 9.72 Å². The number of piperidine rings is 2. The van der Waals surface area contributed by atoms with Crippen LogP contribution < -0.4 is 10.6 Å². The van der Waals surface area contributed by atoms with Crippen molar-refractivity contribution < 1.29 is 14.6 Å². The summed E-state index contributed by atoms with van der Waals surface area (Å²) in [5, 5.41) is 17.9. The number of nitrogens with one attached hydrogen (secondary N) is 2. The molecule has 2 aliphatic heterocycles. The molecule has 2 saturated heterocycles. The van der Waals surface area contributed by atoms with E-state index in [9.17, 15) is 9.90 Å². The molecule has 10 heteroatoms. The van der Waals surface area contributed by atoms with Gasteiger partial charge in [0.15, 0.2) is 5.13 Å². The number of aliphatic hydroxyl groups excluding tert-OH is 1. The van der Waals surface area contributed by atoms with Crippen molar-refractivity contribution in [2.45, 2.75) is 83.2 Å². The summed E-state index contributed by atoms with van der Waals surface area (Å²) in [6, 6.07) is 6.35. The van der Waals surface area contributed by atoms with E-state index in [0.717, 1.165) is 53.7 Å². The minimum Gasteiger partial charge on any atom is -0.444 e. The Morgan fingerprint density at radius 3 is 2.71 bits per heavy atom. The summed E-state index contributed by atoms with van der Waals surface area (Å²) in [5.41, 5.74) is 0.330. The zero-order valence-corrected chi connectivity index (χ0v) is 21.1. The maximum absolute atomic E-state index is 12.9. The number of hydrogen-bond acceptors (Lipinski definition) is 9. The molecule has 3 aromatic rings. The monoisotopic (exact) mass is 496 g/mol. The zero-order valence-electron chi connectivity index (χ0n) is 20.3. The van der Waals surface area contributed by atoms with Gasteiger partial charge in [0.2, 0.25) is 0 Å². The van der Waals surface area contributed by atoms with Crippen LogP contribution in [0.25, 0.3) is 10.9 Å². The first-order chi connectivity index (χ1) is 16.8. The summed E-state index contributed by atoms with van der Waals surface area (Å²) in [6.45, 7) is 5.70. The van der Waals surface area contributed by atoms with E-state index in [0.29, 0.717) is 10.9 Å². The molecule has 2 aliphatic rings. The van der Waals surface area contributed by atoms with E-state index >= 15 is 0 Å². The first kappa shape index (κ1) is 23.7. The molecule has 1 unspecified atom stereocenters. The number of carbonyl (C=O) groups is 1. The molecule has 0 spiro atoms. The summed E-state index contributed by atoms with van der Waals surface area (Å²) in [7, 11) is 0. The van der Waals surface area contributed by atoms with Crippen LogP contribution in [0.3, 0.4) is 0 Å². The van der Waals surface area contributed by atoms with Gasteiger partial charge in [0.25, 0.3) is 0 Å². The Balaban J connectivity index is 1.37. The molecule has 0 aliphatic carbocycles. The smallest absolute Gasteiger partial charge is 0.410 e. The molecule has 5 heterocycles. The molecular formula is C25H32N6O3S. The lowest BCUT2D eigenvalue weighted by Gasteiger charge is -2.48. The molecule has 1 amide bonds. The van der Waals surface area contributed by atoms with Gasteiger partial charge in [-0.05, 0) is 65.0 Å². The number of amides is 1. The third kappa shape index (κ3) is 5.33. The van der Waals surface area contributed by atoms with Crippen LogP contribution in [0.15, 0.2) is 30.6 Å². The maximum Gasteiger partial charge on any atom is 0.410 e. The Kier molecular flexibility index (Phi) is 6.50. The minimum atomic E-state index is -0.501. The number of carbonyl (C=O) groups excluding carboxylic acids is 1. The van der Waals surface area contributed by atoms with Crippen LogP contribution in [-0.2, 0) is 11.3 Å². The summed E-state index contributed by atoms with van der Waals surface area (Å²) < 4.78 is 5.72. The Labute approximate surface area is 208 Å². The van der Waals surface area contributed by atoms with Crippen molar-refractivity contribution in [3.8, 4) is 0 Å². The molecule has 0 saturated carbocycles. The van der Waals surface area contributed by atoms with Crippen LogP contribution in [-0.4, -0.2) is 54.8 Å². The third-order valence-corrected chi connectivity index (χ3v) is 7.36. The van der Waals surface area contributed by atoms with Gasteiger partial charge in [-0.1, -0.05) is 11.3 Å². The van der Waals surface area contributed by atoms with Gasteiger partial charge >= 0.3 is 6.09 Å². The second kappa shape index (κ2) is 9.58. The summed E-state index contributed by atoms with van der Waals surface area (Å²) >= 11 is 1.39. The molecule has 0 aromatic carbocycles. The number of anilines is 3. The van der Waals surface area contributed by atoms with E-state index in [2.05, 4.69) is 20.6 Å². The number of hydrogen-bond donors (Lipinski definition) is 3. The summed E-state index contributed by atoms with van der Waals surface area (Å²) in [4.78, 5) is 29.4. The molecule has 3 N–H and O–H groups in total. The highest BCUT2D eigenvalue weighted by molar-refractivity contribution is 7.15. The van der Waals surface area contributed by atoms with E-state index in [1.807, 2.05) is 43.9 Å². The molecular weight excluding hydrogens is 464 g/mol. The van der Waals surface area contributed by atoms with Gasteiger partial charge in [-0.2, -0.15) is 0 Å². The summed E-state index contributed by atoms with van der Waals surface area (Å²) in [5.74, 6) is 1.41. The second-order valence-electron chi connectivity index (χ2n) is 10.3. The molecule has 5 rings (SSSR count). The van der Waals surface area contributed by atoms with Gasteiger partial charge in [0.1, 0.15) is 17.2 Å². The molecule has 0 radical (unpaired) electrons. The number of pyridine rings is 2. The lowest BCUT2D eigenvalue weighted by molar-refractivity contribution is -0.0199. The van der Waals surface area contributed by atoms with Gasteiger partial charge in [-0.15, -0.1) is 0 Å². The molecule has 3 atom stereocenters. The molecule has 2 bridgehead atoms. The topological polar surface area (TPSA) is 112 Å². The zero-order chi connectivity index (χ0) is 24.6. The Morgan fingerprint density at radius 1 is 1.26 bits per heavy atom. The van der Waals surface area contributed by atoms with E-state index in [1.54, 1.807) is 12.4 Å². The normalized spacial score (nSPS) is 22.2. The number of ether oxygens (including phenoxy) is 1. The van der Waals surface area contributed by atoms with Crippen LogP contribution in [0, 0.1) is 0 Å². The first-order valence-corrected chi connectivity index (χ1v) is 13.0. The maximum atomic E-state index is 12.9. The van der Waals surface area contributed by atoms with Crippen LogP contribution in [0.5, 0.6) is 0 Å². The fourth-order valence-corrected chi connectivity index (χ4v) is 5.78. The van der Waals surface area contributed by atoms with E-state index in [1.165, 1.54) is 11.3 Å². The van der Waals surface area contributed by atoms with Crippen molar-refractivity contribution in [2.75, 3.05) is 10.6 Å². The number of nitrogens with zero attached hydrogens (tertiary/aromatic N) is 4. The third-order valence-electron chi connectivity index (χ3n) is 6.46. The lowest BCUT2D eigenvalue weighted by Crippen LogP contribution is -2.58. The second-order valence-corrected chi connectivity index (χ2v) is 11.4. The van der Waals surface area contributed by atoms with Crippen molar-refractivity contribution in [3.05, 3.63) is 35.5 Å². The van der Waals surface area contributed by atoms with Crippen LogP contribution in [0.1, 0.15) is 57.8 Å². The summed E-state index contributed by atoms with van der Waals surface area (Å²) in [6.07, 6.45) is 8.04. The molecule has 9 nitrogen and oxygen atoms in total. The fourth-order valence-electron chi connectivity index (χ4n) is 5.10. The predicted octanol–water partition coefficient (Wildman–Crippen LogP) is 5.05. The standard InChI is InChI=1S/C25H32N6O3S/c1-25(2,3)34-24(33)31-16-6-4-7-17(31)11-15(10-16)28-22-19-8-5-9-26-20(19)12-21(29-22)30-23-27-13-18(14-32)35-23/h5,8-9,12-13,15-17,32H,4,6-7,10-11,14H2,1-3H3,(H2,27,28,29,30)/t15?,16-,17+. The van der Waals surface area contributed by atoms with Gasteiger partial charge in [-0.3, -0.25) is 4.98 Å². The number of rotatable bonds is 5. The first-order valence-electron chi connectivity index (χ1n) is 12.2. The average Bonchev–Trinajstić information content (AvgIpc) is 3.25. The number of fused-ring (bicyclic) bond motifs is 3. The highest BCUT2D eigenvalue weighted by Gasteiger charge is 2.42. The molecule has 3 aromatic heterocycles. The average molecular weight is 497 g/mol. The largest absolute Gasteiger partial charge is 0.444 e. The Hall–Kier alpha value is -2.98. The van der Waals surface area contributed by atoms with Gasteiger partial charge < -0.3 is 25.4 Å². The fraction of sp³-hybridized carbons (Fsp3) is 0.520.